The van der Waals surface area contributed by atoms with Gasteiger partial charge in [0.15, 0.2) is 0 Å². The Morgan fingerprint density at radius 3 is 2.94 bits per heavy atom. The zero-order valence-electron chi connectivity index (χ0n) is 9.93. The lowest BCUT2D eigenvalue weighted by Crippen LogP contribution is -2.30. The molecule has 90 valence electrons. The molecular weight excluding hydrogens is 252 g/mol. The van der Waals surface area contributed by atoms with Crippen LogP contribution in [-0.4, -0.2) is 18.1 Å². The maximum absolute atomic E-state index is 5.90. The van der Waals surface area contributed by atoms with Gasteiger partial charge in [-0.05, 0) is 30.5 Å². The SMILES string of the molecule is CC(Cc1cccs1)N(C)c1ccnc(Cl)c1. The van der Waals surface area contributed by atoms with Crippen molar-refractivity contribution in [3.05, 3.63) is 45.9 Å². The number of thiophene rings is 1. The summed E-state index contributed by atoms with van der Waals surface area (Å²) in [6, 6.07) is 8.58. The fourth-order valence-electron chi connectivity index (χ4n) is 1.72. The molecule has 0 saturated heterocycles. The van der Waals surface area contributed by atoms with Crippen molar-refractivity contribution in [2.45, 2.75) is 19.4 Å². The highest BCUT2D eigenvalue weighted by atomic mass is 35.5. The van der Waals surface area contributed by atoms with Gasteiger partial charge in [0.05, 0.1) is 0 Å². The van der Waals surface area contributed by atoms with Gasteiger partial charge in [-0.2, -0.15) is 0 Å². The van der Waals surface area contributed by atoms with Crippen LogP contribution in [0.25, 0.3) is 0 Å². The highest BCUT2D eigenvalue weighted by Gasteiger charge is 2.11. The number of halogens is 1. The Hall–Kier alpha value is -1.06. The van der Waals surface area contributed by atoms with Gasteiger partial charge >= 0.3 is 0 Å². The van der Waals surface area contributed by atoms with Gasteiger partial charge in [-0.3, -0.25) is 0 Å². The van der Waals surface area contributed by atoms with E-state index in [9.17, 15) is 0 Å². The third kappa shape index (κ3) is 3.20. The van der Waals surface area contributed by atoms with Gasteiger partial charge in [-0.1, -0.05) is 17.7 Å². The number of likely N-dealkylation sites (N-methyl/N-ethyl adjacent to an activating group) is 1. The molecule has 2 nitrogen and oxygen atoms in total. The summed E-state index contributed by atoms with van der Waals surface area (Å²) in [5.74, 6) is 0. The molecule has 2 rings (SSSR count). The summed E-state index contributed by atoms with van der Waals surface area (Å²) >= 11 is 7.70. The molecule has 2 aromatic rings. The summed E-state index contributed by atoms with van der Waals surface area (Å²) in [6.45, 7) is 2.22. The number of hydrogen-bond donors (Lipinski definition) is 0. The Bertz CT molecular complexity index is 470. The van der Waals surface area contributed by atoms with E-state index in [1.807, 2.05) is 12.1 Å². The molecule has 0 bridgehead atoms. The van der Waals surface area contributed by atoms with E-state index in [2.05, 4.69) is 41.4 Å². The first-order valence-electron chi connectivity index (χ1n) is 5.53. The zero-order valence-corrected chi connectivity index (χ0v) is 11.5. The van der Waals surface area contributed by atoms with E-state index in [1.54, 1.807) is 17.5 Å². The lowest BCUT2D eigenvalue weighted by atomic mass is 10.1. The van der Waals surface area contributed by atoms with Gasteiger partial charge < -0.3 is 4.90 Å². The molecule has 0 aromatic carbocycles. The standard InChI is InChI=1S/C13H15ClN2S/c1-10(8-12-4-3-7-17-12)16(2)11-5-6-15-13(14)9-11/h3-7,9-10H,8H2,1-2H3. The first-order chi connectivity index (χ1) is 8.16. The molecule has 1 atom stereocenters. The second-order valence-electron chi connectivity index (χ2n) is 4.08. The van der Waals surface area contributed by atoms with Crippen LogP contribution in [0.15, 0.2) is 35.8 Å². The molecule has 0 amide bonds. The third-order valence-electron chi connectivity index (χ3n) is 2.86. The minimum atomic E-state index is 0.437. The molecule has 0 spiro atoms. The first kappa shape index (κ1) is 12.4. The largest absolute Gasteiger partial charge is 0.371 e. The summed E-state index contributed by atoms with van der Waals surface area (Å²) < 4.78 is 0. The van der Waals surface area contributed by atoms with E-state index in [0.29, 0.717) is 11.2 Å². The molecule has 17 heavy (non-hydrogen) atoms. The number of anilines is 1. The molecular formula is C13H15ClN2S. The minimum absolute atomic E-state index is 0.437. The van der Waals surface area contributed by atoms with E-state index in [1.165, 1.54) is 4.88 Å². The average Bonchev–Trinajstić information content (AvgIpc) is 2.80. The smallest absolute Gasteiger partial charge is 0.131 e. The van der Waals surface area contributed by atoms with Gasteiger partial charge in [0, 0.05) is 36.3 Å². The quantitative estimate of drug-likeness (QED) is 0.781. The highest BCUT2D eigenvalue weighted by Crippen LogP contribution is 2.21. The van der Waals surface area contributed by atoms with Crippen molar-refractivity contribution in [2.75, 3.05) is 11.9 Å². The number of hydrogen-bond acceptors (Lipinski definition) is 3. The van der Waals surface area contributed by atoms with Crippen LogP contribution in [0.1, 0.15) is 11.8 Å². The predicted octanol–water partition coefficient (Wildman–Crippen LogP) is 3.86. The lowest BCUT2D eigenvalue weighted by molar-refractivity contribution is 0.688. The first-order valence-corrected chi connectivity index (χ1v) is 6.79. The van der Waals surface area contributed by atoms with Gasteiger partial charge in [-0.15, -0.1) is 11.3 Å². The number of aromatic nitrogens is 1. The Morgan fingerprint density at radius 2 is 2.29 bits per heavy atom. The third-order valence-corrected chi connectivity index (χ3v) is 3.96. The molecule has 0 radical (unpaired) electrons. The Kier molecular flexibility index (Phi) is 4.02. The summed E-state index contributed by atoms with van der Waals surface area (Å²) in [6.07, 6.45) is 2.79. The molecule has 0 N–H and O–H groups in total. The van der Waals surface area contributed by atoms with Crippen molar-refractivity contribution in [1.82, 2.24) is 4.98 Å². The zero-order chi connectivity index (χ0) is 12.3. The summed E-state index contributed by atoms with van der Waals surface area (Å²) in [5, 5.41) is 2.66. The average molecular weight is 267 g/mol. The Labute approximate surface area is 111 Å². The normalized spacial score (nSPS) is 12.4. The molecule has 4 heteroatoms. The van der Waals surface area contributed by atoms with E-state index in [4.69, 9.17) is 11.6 Å². The van der Waals surface area contributed by atoms with Gasteiger partial charge in [0.25, 0.3) is 0 Å². The lowest BCUT2D eigenvalue weighted by Gasteiger charge is -2.26. The second kappa shape index (κ2) is 5.52. The van der Waals surface area contributed by atoms with E-state index >= 15 is 0 Å². The maximum atomic E-state index is 5.90. The van der Waals surface area contributed by atoms with Crippen LogP contribution >= 0.6 is 22.9 Å². The topological polar surface area (TPSA) is 16.1 Å². The second-order valence-corrected chi connectivity index (χ2v) is 5.50. The molecule has 0 saturated carbocycles. The molecule has 1 unspecified atom stereocenters. The van der Waals surface area contributed by atoms with Crippen LogP contribution in [0, 0.1) is 0 Å². The van der Waals surface area contributed by atoms with Crippen LogP contribution in [0.4, 0.5) is 5.69 Å². The van der Waals surface area contributed by atoms with Crippen LogP contribution in [0.3, 0.4) is 0 Å². The van der Waals surface area contributed by atoms with Crippen molar-refractivity contribution in [3.8, 4) is 0 Å². The number of nitrogens with zero attached hydrogens (tertiary/aromatic N) is 2. The van der Waals surface area contributed by atoms with E-state index in [-0.39, 0.29) is 0 Å². The molecule has 2 aromatic heterocycles. The van der Waals surface area contributed by atoms with Crippen molar-refractivity contribution in [1.29, 1.82) is 0 Å². The fourth-order valence-corrected chi connectivity index (χ4v) is 2.72. The van der Waals surface area contributed by atoms with Gasteiger partial charge in [0.2, 0.25) is 0 Å². The molecule has 0 aliphatic carbocycles. The predicted molar refractivity (Wildman–Crippen MR) is 75.1 cm³/mol. The van der Waals surface area contributed by atoms with Gasteiger partial charge in [-0.25, -0.2) is 4.98 Å². The van der Waals surface area contributed by atoms with E-state index < -0.39 is 0 Å². The van der Waals surface area contributed by atoms with Crippen molar-refractivity contribution in [2.24, 2.45) is 0 Å². The van der Waals surface area contributed by atoms with Crippen LogP contribution in [0.2, 0.25) is 5.15 Å². The Balaban J connectivity index is 2.06. The van der Waals surface area contributed by atoms with Gasteiger partial charge in [0.1, 0.15) is 5.15 Å². The number of rotatable bonds is 4. The molecule has 0 aliphatic rings. The monoisotopic (exact) mass is 266 g/mol. The molecule has 2 heterocycles. The Morgan fingerprint density at radius 1 is 1.47 bits per heavy atom. The number of pyridine rings is 1. The summed E-state index contributed by atoms with van der Waals surface area (Å²) in [5.41, 5.74) is 1.11. The molecule has 0 fully saturated rings. The summed E-state index contributed by atoms with van der Waals surface area (Å²) in [4.78, 5) is 7.63. The van der Waals surface area contributed by atoms with Crippen molar-refractivity contribution in [3.63, 3.8) is 0 Å². The minimum Gasteiger partial charge on any atom is -0.371 e. The van der Waals surface area contributed by atoms with Crippen LogP contribution in [-0.2, 0) is 6.42 Å². The van der Waals surface area contributed by atoms with Crippen LogP contribution in [0.5, 0.6) is 0 Å². The van der Waals surface area contributed by atoms with Crippen LogP contribution < -0.4 is 4.90 Å². The maximum Gasteiger partial charge on any atom is 0.131 e. The van der Waals surface area contributed by atoms with E-state index in [0.717, 1.165) is 12.1 Å². The van der Waals surface area contributed by atoms with Crippen molar-refractivity contribution >= 4 is 28.6 Å². The van der Waals surface area contributed by atoms with Crippen molar-refractivity contribution < 1.29 is 0 Å². The molecule has 0 aliphatic heterocycles. The highest BCUT2D eigenvalue weighted by molar-refractivity contribution is 7.09. The summed E-state index contributed by atoms with van der Waals surface area (Å²) in [7, 11) is 2.09. The fraction of sp³-hybridized carbons (Fsp3) is 0.308.